The van der Waals surface area contributed by atoms with E-state index in [0.717, 1.165) is 0 Å². The fourth-order valence-electron chi connectivity index (χ4n) is 1.85. The Morgan fingerprint density at radius 1 is 1.41 bits per heavy atom. The van der Waals surface area contributed by atoms with Gasteiger partial charge in [-0.25, -0.2) is 0 Å². The van der Waals surface area contributed by atoms with Gasteiger partial charge in [-0.1, -0.05) is 59.3 Å². The first kappa shape index (κ1) is 17.3. The minimum atomic E-state index is -0.897. The minimum Gasteiger partial charge on any atom is -0.481 e. The number of nitrogens with zero attached hydrogens (tertiary/aromatic N) is 1. The molecule has 1 aromatic carbocycles. The molecule has 8 heteroatoms. The Labute approximate surface area is 147 Å². The second-order valence-corrected chi connectivity index (χ2v) is 6.93. The molecule has 4 nitrogen and oxygen atoms in total. The zero-order valence-corrected chi connectivity index (χ0v) is 14.4. The monoisotopic (exact) mass is 375 g/mol. The van der Waals surface area contributed by atoms with E-state index in [4.69, 9.17) is 40.5 Å². The summed E-state index contributed by atoms with van der Waals surface area (Å²) < 4.78 is 0.416. The van der Waals surface area contributed by atoms with Gasteiger partial charge in [0.15, 0.2) is 0 Å². The maximum absolute atomic E-state index is 12.3. The molecular formula is C14H11Cl2NO3S2. The molecule has 0 spiro atoms. The quantitative estimate of drug-likeness (QED) is 0.621. The van der Waals surface area contributed by atoms with E-state index in [9.17, 15) is 9.59 Å². The highest BCUT2D eigenvalue weighted by Gasteiger charge is 2.31. The average molecular weight is 376 g/mol. The summed E-state index contributed by atoms with van der Waals surface area (Å²) in [5.74, 6) is -1.14. The summed E-state index contributed by atoms with van der Waals surface area (Å²) in [6.07, 6.45) is 1.99. The fraction of sp³-hybridized carbons (Fsp3) is 0.214. The number of thioether (sulfide) groups is 1. The number of carboxylic acids is 1. The normalized spacial score (nSPS) is 16.6. The summed E-state index contributed by atoms with van der Waals surface area (Å²) in [5.41, 5.74) is 0.639. The number of amides is 1. The van der Waals surface area contributed by atoms with Crippen molar-refractivity contribution in [2.75, 3.05) is 6.54 Å². The van der Waals surface area contributed by atoms with Gasteiger partial charge in [0.25, 0.3) is 5.91 Å². The second kappa shape index (κ2) is 7.46. The molecule has 1 saturated heterocycles. The van der Waals surface area contributed by atoms with Crippen molar-refractivity contribution in [2.24, 2.45) is 0 Å². The van der Waals surface area contributed by atoms with Crippen molar-refractivity contribution in [3.05, 3.63) is 38.7 Å². The van der Waals surface area contributed by atoms with Crippen molar-refractivity contribution >= 4 is 69.5 Å². The van der Waals surface area contributed by atoms with Gasteiger partial charge in [0.05, 0.1) is 15.0 Å². The zero-order valence-electron chi connectivity index (χ0n) is 11.2. The van der Waals surface area contributed by atoms with E-state index in [2.05, 4.69) is 0 Å². The van der Waals surface area contributed by atoms with E-state index in [1.54, 1.807) is 24.3 Å². The van der Waals surface area contributed by atoms with Crippen LogP contribution in [0, 0.1) is 0 Å². The van der Waals surface area contributed by atoms with Crippen LogP contribution in [-0.2, 0) is 9.59 Å². The van der Waals surface area contributed by atoms with Gasteiger partial charge < -0.3 is 5.11 Å². The maximum Gasteiger partial charge on any atom is 0.303 e. The number of thiocarbonyl (C=S) groups is 1. The van der Waals surface area contributed by atoms with Gasteiger partial charge in [0.2, 0.25) is 0 Å². The lowest BCUT2D eigenvalue weighted by Gasteiger charge is -2.13. The first-order valence-corrected chi connectivity index (χ1v) is 8.29. The number of hydrogen-bond acceptors (Lipinski definition) is 4. The molecular weight excluding hydrogens is 365 g/mol. The standard InChI is InChI=1S/C14H11Cl2NO3S2/c15-9-4-1-3-8(12(9)16)7-10-13(20)17(14(21)22-10)6-2-5-11(18)19/h1,3-4,7H,2,5-6H2,(H,18,19). The molecule has 1 aliphatic heterocycles. The van der Waals surface area contributed by atoms with Crippen molar-refractivity contribution < 1.29 is 14.7 Å². The van der Waals surface area contributed by atoms with Crippen LogP contribution in [0.25, 0.3) is 6.08 Å². The van der Waals surface area contributed by atoms with Gasteiger partial charge in [-0.05, 0) is 24.1 Å². The number of hydrogen-bond donors (Lipinski definition) is 1. The summed E-state index contributed by atoms with van der Waals surface area (Å²) in [6, 6.07) is 5.16. The lowest BCUT2D eigenvalue weighted by molar-refractivity contribution is -0.137. The van der Waals surface area contributed by atoms with Crippen LogP contribution in [0.4, 0.5) is 0 Å². The number of halogens is 2. The third kappa shape index (κ3) is 4.01. The lowest BCUT2D eigenvalue weighted by Crippen LogP contribution is -2.29. The van der Waals surface area contributed by atoms with Gasteiger partial charge in [0, 0.05) is 13.0 Å². The molecule has 0 aliphatic carbocycles. The second-order valence-electron chi connectivity index (χ2n) is 4.47. The van der Waals surface area contributed by atoms with E-state index >= 15 is 0 Å². The Balaban J connectivity index is 2.15. The van der Waals surface area contributed by atoms with E-state index in [1.165, 1.54) is 16.7 Å². The molecule has 0 saturated carbocycles. The largest absolute Gasteiger partial charge is 0.481 e. The first-order chi connectivity index (χ1) is 10.4. The summed E-state index contributed by atoms with van der Waals surface area (Å²) in [7, 11) is 0. The van der Waals surface area contributed by atoms with Crippen LogP contribution < -0.4 is 0 Å². The van der Waals surface area contributed by atoms with Crippen LogP contribution >= 0.6 is 47.2 Å². The van der Waals surface area contributed by atoms with Crippen molar-refractivity contribution in [3.8, 4) is 0 Å². The summed E-state index contributed by atoms with van der Waals surface area (Å²) >= 11 is 18.4. The number of rotatable bonds is 5. The number of carbonyl (C=O) groups excluding carboxylic acids is 1. The molecule has 0 radical (unpaired) electrons. The average Bonchev–Trinajstić information content (AvgIpc) is 2.71. The van der Waals surface area contributed by atoms with E-state index in [1.807, 2.05) is 0 Å². The maximum atomic E-state index is 12.3. The SMILES string of the molecule is O=C(O)CCCN1C(=O)C(=Cc2cccc(Cl)c2Cl)SC1=S. The third-order valence-electron chi connectivity index (χ3n) is 2.91. The third-order valence-corrected chi connectivity index (χ3v) is 5.13. The number of benzene rings is 1. The highest BCUT2D eigenvalue weighted by atomic mass is 35.5. The van der Waals surface area contributed by atoms with Crippen LogP contribution in [0.15, 0.2) is 23.1 Å². The number of carboxylic acid groups (broad SMARTS) is 1. The molecule has 0 aromatic heterocycles. The highest BCUT2D eigenvalue weighted by molar-refractivity contribution is 8.26. The van der Waals surface area contributed by atoms with Gasteiger partial charge in [-0.15, -0.1) is 0 Å². The molecule has 1 fully saturated rings. The van der Waals surface area contributed by atoms with Gasteiger partial charge in [0.1, 0.15) is 4.32 Å². The molecule has 1 amide bonds. The minimum absolute atomic E-state index is 0.00374. The van der Waals surface area contributed by atoms with Crippen molar-refractivity contribution in [2.45, 2.75) is 12.8 Å². The van der Waals surface area contributed by atoms with Crippen LogP contribution in [0.3, 0.4) is 0 Å². The Morgan fingerprint density at radius 3 is 2.82 bits per heavy atom. The predicted octanol–water partition coefficient (Wildman–Crippen LogP) is 4.06. The number of aliphatic carboxylic acids is 1. The van der Waals surface area contributed by atoms with Gasteiger partial charge in [-0.2, -0.15) is 0 Å². The highest BCUT2D eigenvalue weighted by Crippen LogP contribution is 2.35. The smallest absolute Gasteiger partial charge is 0.303 e. The molecule has 22 heavy (non-hydrogen) atoms. The first-order valence-electron chi connectivity index (χ1n) is 6.31. The summed E-state index contributed by atoms with van der Waals surface area (Å²) in [6.45, 7) is 0.289. The van der Waals surface area contributed by atoms with Crippen molar-refractivity contribution in [3.63, 3.8) is 0 Å². The van der Waals surface area contributed by atoms with Gasteiger partial charge in [-0.3, -0.25) is 14.5 Å². The lowest BCUT2D eigenvalue weighted by atomic mass is 10.2. The van der Waals surface area contributed by atoms with Crippen LogP contribution in [0.5, 0.6) is 0 Å². The predicted molar refractivity (Wildman–Crippen MR) is 93.2 cm³/mol. The molecule has 0 atom stereocenters. The Kier molecular flexibility index (Phi) is 5.86. The van der Waals surface area contributed by atoms with Gasteiger partial charge >= 0.3 is 5.97 Å². The molecule has 0 bridgehead atoms. The molecule has 1 aromatic rings. The Morgan fingerprint density at radius 2 is 2.14 bits per heavy atom. The summed E-state index contributed by atoms with van der Waals surface area (Å²) in [4.78, 5) is 24.7. The molecule has 2 rings (SSSR count). The Hall–Kier alpha value is -1.08. The van der Waals surface area contributed by atoms with E-state index in [0.29, 0.717) is 31.3 Å². The van der Waals surface area contributed by atoms with Crippen molar-refractivity contribution in [1.29, 1.82) is 0 Å². The van der Waals surface area contributed by atoms with Crippen LogP contribution in [-0.4, -0.2) is 32.7 Å². The number of carbonyl (C=O) groups is 2. The molecule has 1 heterocycles. The molecule has 1 N–H and O–H groups in total. The van der Waals surface area contributed by atoms with Crippen LogP contribution in [0.1, 0.15) is 18.4 Å². The molecule has 0 unspecified atom stereocenters. The molecule has 116 valence electrons. The zero-order chi connectivity index (χ0) is 16.3. The van der Waals surface area contributed by atoms with E-state index in [-0.39, 0.29) is 18.9 Å². The molecule has 1 aliphatic rings. The van der Waals surface area contributed by atoms with Crippen molar-refractivity contribution in [1.82, 2.24) is 4.90 Å². The topological polar surface area (TPSA) is 57.6 Å². The summed E-state index contributed by atoms with van der Waals surface area (Å²) in [5, 5.41) is 9.43. The van der Waals surface area contributed by atoms with E-state index < -0.39 is 5.97 Å². The fourth-order valence-corrected chi connectivity index (χ4v) is 3.52. The van der Waals surface area contributed by atoms with Crippen LogP contribution in [0.2, 0.25) is 10.0 Å². The Bertz CT molecular complexity index is 676.